The number of sulfonamides is 1. The largest absolute Gasteiger partial charge is 0.451 e. The van der Waals surface area contributed by atoms with Gasteiger partial charge in [-0.3, -0.25) is 14.9 Å². The number of benzene rings is 2. The van der Waals surface area contributed by atoms with Crippen molar-refractivity contribution in [2.75, 3.05) is 0 Å². The Balaban J connectivity index is 2.65. The first-order chi connectivity index (χ1) is 14.6. The topological polar surface area (TPSA) is 116 Å². The first-order valence-corrected chi connectivity index (χ1v) is 9.55. The summed E-state index contributed by atoms with van der Waals surface area (Å²) in [6.07, 6.45) is -6.16. The smallest absolute Gasteiger partial charge is 0.422 e. The molecule has 2 aromatic carbocycles. The number of nitrogens with zero attached hydrogens (tertiary/aromatic N) is 1. The molecule has 0 bridgehead atoms. The molecule has 32 heavy (non-hydrogen) atoms. The van der Waals surface area contributed by atoms with Gasteiger partial charge in [-0.05, 0) is 6.07 Å². The van der Waals surface area contributed by atoms with Crippen LogP contribution < -0.4 is 9.46 Å². The van der Waals surface area contributed by atoms with Crippen LogP contribution in [0, 0.1) is 33.4 Å². The summed E-state index contributed by atoms with van der Waals surface area (Å²) in [4.78, 5) is 20.0. The molecular formula is C16H9F7N2O6S. The third kappa shape index (κ3) is 4.74. The predicted octanol–water partition coefficient (Wildman–Crippen LogP) is 4.18. The van der Waals surface area contributed by atoms with E-state index < -0.39 is 77.9 Å². The summed E-state index contributed by atoms with van der Waals surface area (Å²) >= 11 is 0. The van der Waals surface area contributed by atoms with Gasteiger partial charge in [0.2, 0.25) is 23.3 Å². The molecule has 2 rings (SSSR count). The molecule has 0 saturated carbocycles. The van der Waals surface area contributed by atoms with Crippen molar-refractivity contribution in [1.29, 1.82) is 0 Å². The van der Waals surface area contributed by atoms with Crippen LogP contribution >= 0.6 is 0 Å². The molecule has 8 nitrogen and oxygen atoms in total. The van der Waals surface area contributed by atoms with E-state index >= 15 is 0 Å². The van der Waals surface area contributed by atoms with Crippen molar-refractivity contribution >= 4 is 21.6 Å². The quantitative estimate of drug-likeness (QED) is 0.281. The zero-order chi connectivity index (χ0) is 24.6. The Morgan fingerprint density at radius 1 is 1.09 bits per heavy atom. The van der Waals surface area contributed by atoms with Crippen LogP contribution in [-0.2, 0) is 21.0 Å². The highest BCUT2D eigenvalue weighted by atomic mass is 32.2. The maximum absolute atomic E-state index is 14.0. The third-order valence-electron chi connectivity index (χ3n) is 3.71. The highest BCUT2D eigenvalue weighted by Gasteiger charge is 2.43. The molecule has 174 valence electrons. The second-order valence-electron chi connectivity index (χ2n) is 5.83. The summed E-state index contributed by atoms with van der Waals surface area (Å²) in [5.74, 6) is -14.9. The average molecular weight is 490 g/mol. The number of alkyl halides is 3. The minimum Gasteiger partial charge on any atom is -0.451 e. The van der Waals surface area contributed by atoms with Gasteiger partial charge >= 0.3 is 6.18 Å². The fourth-order valence-electron chi connectivity index (χ4n) is 2.27. The molecule has 0 atom stereocenters. The van der Waals surface area contributed by atoms with Gasteiger partial charge in [0.25, 0.3) is 15.7 Å². The van der Waals surface area contributed by atoms with Crippen LogP contribution in [0.3, 0.4) is 0 Å². The number of carbonyl (C=O) groups excluding carboxylic acids is 1. The Morgan fingerprint density at radius 3 is 2.06 bits per heavy atom. The van der Waals surface area contributed by atoms with Gasteiger partial charge in [0, 0.05) is 18.6 Å². The lowest BCUT2D eigenvalue weighted by atomic mass is 10.1. The van der Waals surface area contributed by atoms with Gasteiger partial charge < -0.3 is 4.74 Å². The van der Waals surface area contributed by atoms with Crippen molar-refractivity contribution < 1.29 is 53.6 Å². The van der Waals surface area contributed by atoms with Crippen molar-refractivity contribution in [2.45, 2.75) is 24.4 Å². The summed E-state index contributed by atoms with van der Waals surface area (Å²) in [5.41, 5.74) is -3.99. The Bertz CT molecular complexity index is 1190. The van der Waals surface area contributed by atoms with Crippen molar-refractivity contribution in [1.82, 2.24) is 4.72 Å². The van der Waals surface area contributed by atoms with Gasteiger partial charge in [0.05, 0.1) is 4.92 Å². The molecule has 0 radical (unpaired) electrons. The number of halogens is 7. The molecule has 0 heterocycles. The maximum Gasteiger partial charge on any atom is 0.422 e. The number of ether oxygens (including phenoxy) is 1. The average Bonchev–Trinajstić information content (AvgIpc) is 2.68. The molecule has 0 aliphatic rings. The van der Waals surface area contributed by atoms with Gasteiger partial charge in [-0.25, -0.2) is 21.9 Å². The number of amides is 1. The van der Waals surface area contributed by atoms with Crippen molar-refractivity contribution in [3.8, 4) is 11.5 Å². The number of nitro groups is 1. The monoisotopic (exact) mass is 490 g/mol. The van der Waals surface area contributed by atoms with Crippen LogP contribution in [0.1, 0.15) is 18.9 Å². The van der Waals surface area contributed by atoms with Crippen LogP contribution in [0.2, 0.25) is 0 Å². The summed E-state index contributed by atoms with van der Waals surface area (Å²) in [7, 11) is -4.93. The predicted molar refractivity (Wildman–Crippen MR) is 90.1 cm³/mol. The first-order valence-electron chi connectivity index (χ1n) is 8.06. The lowest BCUT2D eigenvalue weighted by molar-refractivity contribution is -0.387. The lowest BCUT2D eigenvalue weighted by Gasteiger charge is -2.15. The van der Waals surface area contributed by atoms with Crippen LogP contribution in [0.5, 0.6) is 11.5 Å². The van der Waals surface area contributed by atoms with E-state index in [0.29, 0.717) is 12.1 Å². The third-order valence-corrected chi connectivity index (χ3v) is 5.12. The number of rotatable bonds is 6. The molecule has 0 unspecified atom stereocenters. The normalized spacial score (nSPS) is 11.9. The number of nitrogens with one attached hydrogen (secondary N) is 1. The zero-order valence-electron chi connectivity index (χ0n) is 15.4. The minimum atomic E-state index is -5.81. The molecule has 0 spiro atoms. The minimum absolute atomic E-state index is 0.274. The van der Waals surface area contributed by atoms with Crippen LogP contribution in [0.25, 0.3) is 0 Å². The second-order valence-corrected chi connectivity index (χ2v) is 7.48. The van der Waals surface area contributed by atoms with Crippen LogP contribution in [0.15, 0.2) is 23.1 Å². The highest BCUT2D eigenvalue weighted by molar-refractivity contribution is 7.90. The maximum atomic E-state index is 14.0. The first kappa shape index (κ1) is 24.8. The fourth-order valence-corrected chi connectivity index (χ4v) is 3.51. The van der Waals surface area contributed by atoms with Gasteiger partial charge in [-0.15, -0.1) is 0 Å². The summed E-state index contributed by atoms with van der Waals surface area (Å²) in [6, 6.07) is 1.27. The van der Waals surface area contributed by atoms with Gasteiger partial charge in [0.15, 0.2) is 16.5 Å². The molecule has 0 aliphatic carbocycles. The zero-order valence-corrected chi connectivity index (χ0v) is 16.2. The Kier molecular flexibility index (Phi) is 6.68. The van der Waals surface area contributed by atoms with Crippen LogP contribution in [0.4, 0.5) is 36.4 Å². The molecule has 1 N–H and O–H groups in total. The van der Waals surface area contributed by atoms with Gasteiger partial charge in [0.1, 0.15) is 11.3 Å². The van der Waals surface area contributed by atoms with E-state index in [9.17, 15) is 54.1 Å². The van der Waals surface area contributed by atoms with Crippen molar-refractivity contribution in [3.63, 3.8) is 0 Å². The van der Waals surface area contributed by atoms with E-state index in [-0.39, 0.29) is 12.5 Å². The van der Waals surface area contributed by atoms with Crippen molar-refractivity contribution in [3.05, 3.63) is 57.1 Å². The van der Waals surface area contributed by atoms with Crippen molar-refractivity contribution in [2.24, 2.45) is 0 Å². The number of hydrogen-bond donors (Lipinski definition) is 1. The van der Waals surface area contributed by atoms with E-state index in [4.69, 9.17) is 0 Å². The highest BCUT2D eigenvalue weighted by Crippen LogP contribution is 2.41. The number of hydrogen-bond acceptors (Lipinski definition) is 6. The molecule has 0 aliphatic heterocycles. The fraction of sp³-hybridized carbons (Fsp3) is 0.188. The Labute approximate surface area is 173 Å². The second kappa shape index (κ2) is 8.60. The summed E-state index contributed by atoms with van der Waals surface area (Å²) < 4.78 is 124. The lowest BCUT2D eigenvalue weighted by Crippen LogP contribution is -2.30. The Hall–Kier alpha value is -3.43. The van der Waals surface area contributed by atoms with E-state index in [1.807, 2.05) is 0 Å². The number of carbonyl (C=O) groups is 1. The SMILES string of the molecule is CCC(=O)NS(=O)(=O)c1cc(Oc2c(F)c(F)c(C(F)(F)F)c(F)c2F)ccc1[N+](=O)[O-]. The van der Waals surface area contributed by atoms with E-state index in [0.717, 1.165) is 0 Å². The molecule has 2 aromatic rings. The molecule has 16 heteroatoms. The molecular weight excluding hydrogens is 481 g/mol. The molecule has 1 amide bonds. The Morgan fingerprint density at radius 2 is 1.62 bits per heavy atom. The molecule has 0 saturated heterocycles. The number of nitro benzene ring substituents is 1. The molecule has 0 fully saturated rings. The van der Waals surface area contributed by atoms with E-state index in [2.05, 4.69) is 4.74 Å². The summed E-state index contributed by atoms with van der Waals surface area (Å²) in [6.45, 7) is 1.25. The van der Waals surface area contributed by atoms with Gasteiger partial charge in [-0.2, -0.15) is 22.0 Å². The van der Waals surface area contributed by atoms with E-state index in [1.165, 1.54) is 11.6 Å². The van der Waals surface area contributed by atoms with E-state index in [1.54, 1.807) is 0 Å². The van der Waals surface area contributed by atoms with Crippen LogP contribution in [-0.4, -0.2) is 19.2 Å². The standard InChI is InChI=1S/C16H9F7N2O6S/c1-2-9(26)24-32(29,30)8-5-6(3-4-7(8)25(27)28)31-15-13(19)11(17)10(16(21,22)23)12(18)14(15)20/h3-5H,2H2,1H3,(H,24,26). The van der Waals surface area contributed by atoms with Gasteiger partial charge in [-0.1, -0.05) is 6.92 Å². The summed E-state index contributed by atoms with van der Waals surface area (Å²) in [5, 5.41) is 11.1. The molecule has 0 aromatic heterocycles.